The summed E-state index contributed by atoms with van der Waals surface area (Å²) in [6.45, 7) is 0. The largest absolute Gasteiger partial charge is 0.437 e. The van der Waals surface area contributed by atoms with Crippen molar-refractivity contribution in [2.75, 3.05) is 0 Å². The van der Waals surface area contributed by atoms with E-state index in [1.54, 1.807) is 30.3 Å². The Bertz CT molecular complexity index is 447. The minimum atomic E-state index is -4.49. The average Bonchev–Trinajstić information content (AvgIpc) is 2.67. The average molecular weight is 213 g/mol. The number of hydrogen-bond donors (Lipinski definition) is 0. The van der Waals surface area contributed by atoms with Crippen LogP contribution in [0.1, 0.15) is 5.69 Å². The lowest BCUT2D eigenvalue weighted by Gasteiger charge is -2.04. The molecular formula is C10H6F3NO. The van der Waals surface area contributed by atoms with E-state index in [4.69, 9.17) is 0 Å². The standard InChI is InChI=1S/C10H6F3NO/c11-10(12,13)9-8(6-15-14-9)7-4-2-1-3-5-7/h1-6H. The quantitative estimate of drug-likeness (QED) is 0.725. The Labute approximate surface area is 83.3 Å². The highest BCUT2D eigenvalue weighted by atomic mass is 19.4. The molecule has 0 bridgehead atoms. The van der Waals surface area contributed by atoms with E-state index in [1.165, 1.54) is 0 Å². The van der Waals surface area contributed by atoms with Crippen LogP contribution in [0.25, 0.3) is 11.1 Å². The van der Waals surface area contributed by atoms with Crippen LogP contribution in [0.4, 0.5) is 13.2 Å². The summed E-state index contributed by atoms with van der Waals surface area (Å²) < 4.78 is 41.7. The highest BCUT2D eigenvalue weighted by Gasteiger charge is 2.37. The molecule has 0 aliphatic carbocycles. The molecule has 15 heavy (non-hydrogen) atoms. The number of alkyl halides is 3. The molecule has 78 valence electrons. The molecule has 0 amide bonds. The van der Waals surface area contributed by atoms with Gasteiger partial charge in [0.05, 0.1) is 5.56 Å². The molecule has 5 heteroatoms. The Kier molecular flexibility index (Phi) is 2.22. The lowest BCUT2D eigenvalue weighted by molar-refractivity contribution is -0.142. The summed E-state index contributed by atoms with van der Waals surface area (Å²) in [5.41, 5.74) is -0.595. The highest BCUT2D eigenvalue weighted by molar-refractivity contribution is 5.64. The molecule has 1 aromatic carbocycles. The van der Waals surface area contributed by atoms with Gasteiger partial charge in [-0.3, -0.25) is 0 Å². The van der Waals surface area contributed by atoms with Crippen LogP contribution in [-0.4, -0.2) is 5.16 Å². The van der Waals surface area contributed by atoms with Crippen LogP contribution in [0.5, 0.6) is 0 Å². The van der Waals surface area contributed by atoms with Crippen molar-refractivity contribution < 1.29 is 17.7 Å². The molecule has 0 unspecified atom stereocenters. The molecule has 0 spiro atoms. The first kappa shape index (κ1) is 9.76. The van der Waals surface area contributed by atoms with E-state index in [1.807, 2.05) is 0 Å². The molecule has 0 saturated carbocycles. The maximum Gasteiger partial charge on any atom is 0.437 e. The van der Waals surface area contributed by atoms with Gasteiger partial charge in [-0.1, -0.05) is 35.5 Å². The number of hydrogen-bond acceptors (Lipinski definition) is 2. The minimum absolute atomic E-state index is 0.0388. The molecule has 0 aliphatic heterocycles. The molecule has 0 radical (unpaired) electrons. The first-order valence-electron chi connectivity index (χ1n) is 4.16. The van der Waals surface area contributed by atoms with Crippen LogP contribution in [0.3, 0.4) is 0 Å². The van der Waals surface area contributed by atoms with Gasteiger partial charge in [0.1, 0.15) is 6.26 Å². The maximum atomic E-state index is 12.4. The van der Waals surface area contributed by atoms with E-state index in [2.05, 4.69) is 9.68 Å². The summed E-state index contributed by atoms with van der Waals surface area (Å²) in [4.78, 5) is 0. The topological polar surface area (TPSA) is 26.0 Å². The van der Waals surface area contributed by atoms with Gasteiger partial charge >= 0.3 is 6.18 Å². The number of halogens is 3. The van der Waals surface area contributed by atoms with Crippen molar-refractivity contribution >= 4 is 0 Å². The van der Waals surface area contributed by atoms with Gasteiger partial charge in [0.2, 0.25) is 0 Å². The highest BCUT2D eigenvalue weighted by Crippen LogP contribution is 2.35. The molecule has 0 saturated heterocycles. The smallest absolute Gasteiger partial charge is 0.363 e. The second kappa shape index (κ2) is 3.42. The first-order valence-corrected chi connectivity index (χ1v) is 4.16. The Morgan fingerprint density at radius 3 is 2.33 bits per heavy atom. The fraction of sp³-hybridized carbons (Fsp3) is 0.100. The molecule has 2 nitrogen and oxygen atoms in total. The Morgan fingerprint density at radius 1 is 1.07 bits per heavy atom. The van der Waals surface area contributed by atoms with Crippen LogP contribution >= 0.6 is 0 Å². The van der Waals surface area contributed by atoms with Crippen molar-refractivity contribution in [3.05, 3.63) is 42.3 Å². The Balaban J connectivity index is 2.51. The minimum Gasteiger partial charge on any atom is -0.363 e. The zero-order valence-electron chi connectivity index (χ0n) is 7.45. The molecule has 1 aromatic heterocycles. The van der Waals surface area contributed by atoms with E-state index >= 15 is 0 Å². The molecule has 2 aromatic rings. The van der Waals surface area contributed by atoms with E-state index in [-0.39, 0.29) is 5.56 Å². The van der Waals surface area contributed by atoms with Gasteiger partial charge < -0.3 is 4.52 Å². The summed E-state index contributed by atoms with van der Waals surface area (Å²) in [6, 6.07) is 8.18. The fourth-order valence-electron chi connectivity index (χ4n) is 1.26. The number of rotatable bonds is 1. The van der Waals surface area contributed by atoms with Crippen LogP contribution < -0.4 is 0 Å². The van der Waals surface area contributed by atoms with Crippen molar-refractivity contribution in [1.29, 1.82) is 0 Å². The van der Waals surface area contributed by atoms with Crippen molar-refractivity contribution in [2.24, 2.45) is 0 Å². The third-order valence-electron chi connectivity index (χ3n) is 1.92. The van der Waals surface area contributed by atoms with Gasteiger partial charge in [-0.2, -0.15) is 13.2 Å². The summed E-state index contributed by atoms with van der Waals surface area (Å²) in [5.74, 6) is 0. The fourth-order valence-corrected chi connectivity index (χ4v) is 1.26. The van der Waals surface area contributed by atoms with Crippen molar-refractivity contribution in [3.63, 3.8) is 0 Å². The van der Waals surface area contributed by atoms with Gasteiger partial charge in [-0.25, -0.2) is 0 Å². The second-order valence-corrected chi connectivity index (χ2v) is 2.94. The lowest BCUT2D eigenvalue weighted by Crippen LogP contribution is -2.06. The molecule has 0 atom stereocenters. The summed E-state index contributed by atoms with van der Waals surface area (Å²) >= 11 is 0. The second-order valence-electron chi connectivity index (χ2n) is 2.94. The molecule has 0 aliphatic rings. The molecule has 0 fully saturated rings. The van der Waals surface area contributed by atoms with E-state index in [0.29, 0.717) is 5.56 Å². The monoisotopic (exact) mass is 213 g/mol. The molecular weight excluding hydrogens is 207 g/mol. The third-order valence-corrected chi connectivity index (χ3v) is 1.92. The van der Waals surface area contributed by atoms with Gasteiger partial charge in [-0.15, -0.1) is 0 Å². The summed E-state index contributed by atoms with van der Waals surface area (Å²) in [5, 5.41) is 2.96. The molecule has 1 heterocycles. The normalized spacial score (nSPS) is 11.7. The van der Waals surface area contributed by atoms with Crippen LogP contribution in [-0.2, 0) is 6.18 Å². The lowest BCUT2D eigenvalue weighted by atomic mass is 10.1. The van der Waals surface area contributed by atoms with Crippen molar-refractivity contribution in [2.45, 2.75) is 6.18 Å². The van der Waals surface area contributed by atoms with Gasteiger partial charge in [0.25, 0.3) is 0 Å². The SMILES string of the molecule is FC(F)(F)c1nocc1-c1ccccc1. The molecule has 0 N–H and O–H groups in total. The van der Waals surface area contributed by atoms with Crippen LogP contribution in [0.2, 0.25) is 0 Å². The Morgan fingerprint density at radius 2 is 1.73 bits per heavy atom. The van der Waals surface area contributed by atoms with Gasteiger partial charge in [0.15, 0.2) is 5.69 Å². The predicted molar refractivity (Wildman–Crippen MR) is 46.9 cm³/mol. The zero-order chi connectivity index (χ0) is 10.9. The summed E-state index contributed by atoms with van der Waals surface area (Å²) in [7, 11) is 0. The van der Waals surface area contributed by atoms with E-state index in [9.17, 15) is 13.2 Å². The number of aromatic nitrogens is 1. The predicted octanol–water partition coefficient (Wildman–Crippen LogP) is 3.36. The van der Waals surface area contributed by atoms with Crippen molar-refractivity contribution in [3.8, 4) is 11.1 Å². The molecule has 2 rings (SSSR count). The Hall–Kier alpha value is -1.78. The van der Waals surface area contributed by atoms with Crippen LogP contribution in [0, 0.1) is 0 Å². The first-order chi connectivity index (χ1) is 7.09. The summed E-state index contributed by atoms with van der Waals surface area (Å²) in [6.07, 6.45) is -3.49. The number of nitrogens with zero attached hydrogens (tertiary/aromatic N) is 1. The third kappa shape index (κ3) is 1.86. The number of benzene rings is 1. The van der Waals surface area contributed by atoms with E-state index < -0.39 is 11.9 Å². The van der Waals surface area contributed by atoms with E-state index in [0.717, 1.165) is 6.26 Å². The van der Waals surface area contributed by atoms with Crippen molar-refractivity contribution in [1.82, 2.24) is 5.16 Å². The maximum absolute atomic E-state index is 12.4. The van der Waals surface area contributed by atoms with Gasteiger partial charge in [-0.05, 0) is 5.56 Å². The van der Waals surface area contributed by atoms with Gasteiger partial charge in [0, 0.05) is 0 Å². The zero-order valence-corrected chi connectivity index (χ0v) is 7.45. The van der Waals surface area contributed by atoms with Crippen LogP contribution in [0.15, 0.2) is 41.1 Å².